The van der Waals surface area contributed by atoms with E-state index >= 15 is 0 Å². The minimum Gasteiger partial charge on any atom is -0.448 e. The average molecular weight is 546 g/mol. The molecule has 2 atom stereocenters. The normalized spacial score (nSPS) is 24.0. The van der Waals surface area contributed by atoms with E-state index in [-0.39, 0.29) is 29.6 Å². The van der Waals surface area contributed by atoms with E-state index in [0.717, 1.165) is 58.2 Å². The van der Waals surface area contributed by atoms with E-state index in [4.69, 9.17) is 16.3 Å². The molecule has 200 valence electrons. The summed E-state index contributed by atoms with van der Waals surface area (Å²) in [6, 6.07) is 16.4. The fraction of sp³-hybridized carbons (Fsp3) is 0.536. The van der Waals surface area contributed by atoms with Crippen molar-refractivity contribution in [3.63, 3.8) is 0 Å². The molecule has 2 aliphatic heterocycles. The summed E-state index contributed by atoms with van der Waals surface area (Å²) in [5.41, 5.74) is 1.29. The third-order valence-electron chi connectivity index (χ3n) is 7.84. The minimum atomic E-state index is -3.73. The molecule has 9 heteroatoms. The molecular weight excluding hydrogens is 510 g/mol. The molecule has 2 aromatic carbocycles. The zero-order valence-corrected chi connectivity index (χ0v) is 22.7. The molecular formula is C28H36ClN3O4S. The number of hydrogen-bond acceptors (Lipinski definition) is 5. The van der Waals surface area contributed by atoms with Crippen molar-refractivity contribution < 1.29 is 17.9 Å². The van der Waals surface area contributed by atoms with Crippen LogP contribution in [0.2, 0.25) is 5.02 Å². The maximum atomic E-state index is 13.7. The van der Waals surface area contributed by atoms with Gasteiger partial charge >= 0.3 is 6.09 Å². The molecule has 0 unspecified atom stereocenters. The number of alkyl carbamates (subject to hydrolysis) is 1. The van der Waals surface area contributed by atoms with Gasteiger partial charge in [-0.05, 0) is 74.3 Å². The molecule has 3 fully saturated rings. The van der Waals surface area contributed by atoms with Crippen molar-refractivity contribution in [3.05, 3.63) is 65.2 Å². The van der Waals surface area contributed by atoms with Crippen molar-refractivity contribution in [3.8, 4) is 0 Å². The van der Waals surface area contributed by atoms with E-state index in [1.54, 1.807) is 28.6 Å². The van der Waals surface area contributed by atoms with E-state index in [1.165, 1.54) is 5.56 Å². The number of ether oxygens (including phenoxy) is 1. The van der Waals surface area contributed by atoms with Gasteiger partial charge in [-0.1, -0.05) is 48.4 Å². The van der Waals surface area contributed by atoms with Crippen molar-refractivity contribution in [1.82, 2.24) is 14.5 Å². The first-order valence-corrected chi connectivity index (χ1v) is 15.2. The molecule has 2 aromatic rings. The Morgan fingerprint density at radius 3 is 2.32 bits per heavy atom. The number of rotatable bonds is 8. The number of carbonyl (C=O) groups is 1. The average Bonchev–Trinajstić information content (AvgIpc) is 3.75. The molecule has 37 heavy (non-hydrogen) atoms. The molecule has 1 saturated carbocycles. The molecule has 3 aliphatic rings. The molecule has 2 heterocycles. The Morgan fingerprint density at radius 2 is 1.65 bits per heavy atom. The van der Waals surface area contributed by atoms with E-state index < -0.39 is 16.1 Å². The summed E-state index contributed by atoms with van der Waals surface area (Å²) in [6.07, 6.45) is 5.84. The van der Waals surface area contributed by atoms with Gasteiger partial charge in [0, 0.05) is 36.7 Å². The summed E-state index contributed by atoms with van der Waals surface area (Å²) in [6.45, 7) is 2.81. The van der Waals surface area contributed by atoms with Crippen LogP contribution in [0.5, 0.6) is 0 Å². The Hall–Kier alpha value is -2.13. The van der Waals surface area contributed by atoms with E-state index in [0.29, 0.717) is 17.4 Å². The monoisotopic (exact) mass is 545 g/mol. The highest BCUT2D eigenvalue weighted by Gasteiger charge is 2.46. The lowest BCUT2D eigenvalue weighted by Gasteiger charge is -2.41. The van der Waals surface area contributed by atoms with Crippen LogP contribution in [0.3, 0.4) is 0 Å². The smallest absolute Gasteiger partial charge is 0.407 e. The summed E-state index contributed by atoms with van der Waals surface area (Å²) in [4.78, 5) is 15.3. The number of benzene rings is 2. The third kappa shape index (κ3) is 6.66. The molecule has 0 bridgehead atoms. The Kier molecular flexibility index (Phi) is 8.39. The standard InChI is InChI=1S/C28H36ClN3O4S/c29-23-11-13-26(14-12-23)37(34,35)32-25(7-4-8-27(32)22-9-10-22)20-36-28(33)30-24-15-17-31(18-16-24)19-21-5-2-1-3-6-21/h1-3,5-6,11-14,22,24-25,27H,4,7-10,15-20H2,(H,30,33)/t25-,27+/m0/s1. The second kappa shape index (κ2) is 11.7. The first-order valence-electron chi connectivity index (χ1n) is 13.4. The first-order chi connectivity index (χ1) is 17.9. The summed E-state index contributed by atoms with van der Waals surface area (Å²) in [7, 11) is -3.73. The Labute approximate surface area is 225 Å². The van der Waals surface area contributed by atoms with Crippen LogP contribution >= 0.6 is 11.6 Å². The van der Waals surface area contributed by atoms with Gasteiger partial charge < -0.3 is 10.1 Å². The maximum absolute atomic E-state index is 13.7. The molecule has 0 radical (unpaired) electrons. The van der Waals surface area contributed by atoms with Gasteiger partial charge in [0.05, 0.1) is 10.9 Å². The van der Waals surface area contributed by atoms with Gasteiger partial charge in [0.2, 0.25) is 10.0 Å². The maximum Gasteiger partial charge on any atom is 0.407 e. The molecule has 1 N–H and O–H groups in total. The van der Waals surface area contributed by atoms with Crippen LogP contribution in [0.4, 0.5) is 4.79 Å². The number of nitrogens with zero attached hydrogens (tertiary/aromatic N) is 2. The van der Waals surface area contributed by atoms with Crippen LogP contribution in [0.25, 0.3) is 0 Å². The first kappa shape index (κ1) is 26.5. The predicted octanol–water partition coefficient (Wildman–Crippen LogP) is 5.05. The zero-order chi connectivity index (χ0) is 25.8. The SMILES string of the molecule is O=C(NC1CCN(Cc2ccccc2)CC1)OC[C@@H]1CCC[C@H](C2CC2)N1S(=O)(=O)c1ccc(Cl)cc1. The van der Waals surface area contributed by atoms with E-state index in [2.05, 4.69) is 34.5 Å². The molecule has 1 aliphatic carbocycles. The fourth-order valence-electron chi connectivity index (χ4n) is 5.73. The number of carbonyl (C=O) groups excluding carboxylic acids is 1. The molecule has 0 aromatic heterocycles. The topological polar surface area (TPSA) is 79.0 Å². The zero-order valence-electron chi connectivity index (χ0n) is 21.1. The van der Waals surface area contributed by atoms with Crippen LogP contribution in [-0.4, -0.2) is 61.5 Å². The Bertz CT molecular complexity index is 1150. The number of hydrogen-bond donors (Lipinski definition) is 1. The van der Waals surface area contributed by atoms with Gasteiger partial charge in [-0.2, -0.15) is 4.31 Å². The van der Waals surface area contributed by atoms with Crippen LogP contribution < -0.4 is 5.32 Å². The lowest BCUT2D eigenvalue weighted by molar-refractivity contribution is 0.0759. The molecule has 2 saturated heterocycles. The van der Waals surface area contributed by atoms with E-state index in [1.807, 2.05) is 6.07 Å². The van der Waals surface area contributed by atoms with Gasteiger partial charge in [-0.25, -0.2) is 13.2 Å². The van der Waals surface area contributed by atoms with Crippen molar-refractivity contribution in [2.75, 3.05) is 19.7 Å². The molecule has 5 rings (SSSR count). The van der Waals surface area contributed by atoms with Gasteiger partial charge in [0.15, 0.2) is 0 Å². The number of piperidine rings is 2. The lowest BCUT2D eigenvalue weighted by Crippen LogP contribution is -2.53. The molecule has 1 amide bonds. The second-order valence-corrected chi connectivity index (χ2v) is 12.8. The number of amides is 1. The van der Waals surface area contributed by atoms with Crippen LogP contribution in [-0.2, 0) is 21.3 Å². The van der Waals surface area contributed by atoms with E-state index in [9.17, 15) is 13.2 Å². The van der Waals surface area contributed by atoms with Crippen molar-refractivity contribution in [2.24, 2.45) is 5.92 Å². The Balaban J connectivity index is 1.16. The summed E-state index contributed by atoms with van der Waals surface area (Å²) < 4.78 is 34.7. The van der Waals surface area contributed by atoms with Crippen LogP contribution in [0.15, 0.2) is 59.5 Å². The number of halogens is 1. The highest BCUT2D eigenvalue weighted by Crippen LogP contribution is 2.43. The van der Waals surface area contributed by atoms with Crippen molar-refractivity contribution in [1.29, 1.82) is 0 Å². The fourth-order valence-corrected chi connectivity index (χ4v) is 7.77. The summed E-state index contributed by atoms with van der Waals surface area (Å²) in [5, 5.41) is 3.51. The van der Waals surface area contributed by atoms with Crippen molar-refractivity contribution in [2.45, 2.75) is 74.5 Å². The summed E-state index contributed by atoms with van der Waals surface area (Å²) >= 11 is 6.00. The highest BCUT2D eigenvalue weighted by molar-refractivity contribution is 7.89. The lowest BCUT2D eigenvalue weighted by atomic mass is 9.96. The van der Waals surface area contributed by atoms with Crippen molar-refractivity contribution >= 4 is 27.7 Å². The van der Waals surface area contributed by atoms with Gasteiger partial charge in [-0.3, -0.25) is 4.90 Å². The number of sulfonamides is 1. The predicted molar refractivity (Wildman–Crippen MR) is 144 cm³/mol. The third-order valence-corrected chi connectivity index (χ3v) is 10.1. The van der Waals surface area contributed by atoms with Gasteiger partial charge in [-0.15, -0.1) is 0 Å². The summed E-state index contributed by atoms with van der Waals surface area (Å²) in [5.74, 6) is 0.389. The second-order valence-electron chi connectivity index (χ2n) is 10.6. The number of likely N-dealkylation sites (tertiary alicyclic amines) is 1. The van der Waals surface area contributed by atoms with Gasteiger partial charge in [0.1, 0.15) is 6.61 Å². The van der Waals surface area contributed by atoms with Crippen LogP contribution in [0, 0.1) is 5.92 Å². The largest absolute Gasteiger partial charge is 0.448 e. The number of nitrogens with one attached hydrogen (secondary N) is 1. The minimum absolute atomic E-state index is 0.0416. The van der Waals surface area contributed by atoms with Crippen LogP contribution in [0.1, 0.15) is 50.5 Å². The molecule has 7 nitrogen and oxygen atoms in total. The molecule has 0 spiro atoms. The van der Waals surface area contributed by atoms with Gasteiger partial charge in [0.25, 0.3) is 0 Å². The quantitative estimate of drug-likeness (QED) is 0.502. The Morgan fingerprint density at radius 1 is 0.946 bits per heavy atom. The highest BCUT2D eigenvalue weighted by atomic mass is 35.5.